The van der Waals surface area contributed by atoms with E-state index in [2.05, 4.69) is 18.2 Å². The van der Waals surface area contributed by atoms with Crippen molar-refractivity contribution in [3.8, 4) is 11.5 Å². The average Bonchev–Trinajstić information content (AvgIpc) is 2.60. The molecule has 0 saturated carbocycles. The summed E-state index contributed by atoms with van der Waals surface area (Å²) in [5.41, 5.74) is 6.71. The Labute approximate surface area is 149 Å². The Bertz CT molecular complexity index is 773. The molecule has 0 unspecified atom stereocenters. The topological polar surface area (TPSA) is 51.0 Å². The molecule has 1 aliphatic rings. The Morgan fingerprint density at radius 3 is 2.52 bits per heavy atom. The highest BCUT2D eigenvalue weighted by molar-refractivity contribution is 6.04. The fraction of sp³-hybridized carbons (Fsp3) is 0.381. The lowest BCUT2D eigenvalue weighted by molar-refractivity contribution is 0.201. The highest BCUT2D eigenvalue weighted by atomic mass is 16.5. The number of methoxy groups -OCH3 is 1. The third-order valence-corrected chi connectivity index (χ3v) is 4.53. The van der Waals surface area contributed by atoms with Crippen LogP contribution >= 0.6 is 0 Å². The fourth-order valence-corrected chi connectivity index (χ4v) is 3.46. The predicted octanol–water partition coefficient (Wildman–Crippen LogP) is 4.14. The van der Waals surface area contributed by atoms with Crippen molar-refractivity contribution in [2.24, 2.45) is 4.99 Å². The maximum Gasteiger partial charge on any atom is 0.124 e. The molecule has 4 heteroatoms. The van der Waals surface area contributed by atoms with Gasteiger partial charge < -0.3 is 14.6 Å². The third-order valence-electron chi connectivity index (χ3n) is 4.53. The molecule has 132 valence electrons. The Morgan fingerprint density at radius 2 is 1.84 bits per heavy atom. The maximum atomic E-state index is 8.95. The van der Waals surface area contributed by atoms with E-state index in [4.69, 9.17) is 19.6 Å². The van der Waals surface area contributed by atoms with E-state index in [1.54, 1.807) is 7.11 Å². The normalized spacial score (nSPS) is 15.1. The Hall–Kier alpha value is -2.33. The molecular formula is C21H25NO3. The zero-order valence-corrected chi connectivity index (χ0v) is 15.1. The summed E-state index contributed by atoms with van der Waals surface area (Å²) < 4.78 is 11.0. The number of hydrogen-bond acceptors (Lipinski definition) is 4. The molecule has 4 nitrogen and oxygen atoms in total. The van der Waals surface area contributed by atoms with Crippen LogP contribution in [0.5, 0.6) is 11.5 Å². The van der Waals surface area contributed by atoms with Gasteiger partial charge in [0.05, 0.1) is 19.4 Å². The number of benzene rings is 2. The number of nitrogens with zero attached hydrogens (tertiary/aromatic N) is 1. The monoisotopic (exact) mass is 339 g/mol. The number of aryl methyl sites for hydroxylation is 3. The SMILES string of the molecule is COc1c(C)cc(/N=C2\CCCc3ccc(OCCO)cc32)cc1C. The smallest absolute Gasteiger partial charge is 0.124 e. The average molecular weight is 339 g/mol. The van der Waals surface area contributed by atoms with Crippen LogP contribution in [-0.2, 0) is 6.42 Å². The molecule has 1 N–H and O–H groups in total. The molecule has 0 bridgehead atoms. The van der Waals surface area contributed by atoms with E-state index in [1.165, 1.54) is 5.56 Å². The molecule has 0 aromatic heterocycles. The molecule has 0 radical (unpaired) electrons. The number of aliphatic imine (C=N–C) groups is 1. The number of fused-ring (bicyclic) bond motifs is 1. The van der Waals surface area contributed by atoms with Gasteiger partial charge in [-0.3, -0.25) is 4.99 Å². The first kappa shape index (κ1) is 17.5. The number of ether oxygens (including phenoxy) is 2. The minimum atomic E-state index is 0.0163. The third kappa shape index (κ3) is 3.85. The van der Waals surface area contributed by atoms with Gasteiger partial charge in [-0.05, 0) is 74.1 Å². The lowest BCUT2D eigenvalue weighted by atomic mass is 9.89. The standard InChI is InChI=1S/C21H25NO3/c1-14-11-17(12-15(2)21(14)24-3)22-20-6-4-5-16-7-8-18(13-19(16)20)25-10-9-23/h7-8,11-13,23H,4-6,9-10H2,1-3H3/b22-20+. The van der Waals surface area contributed by atoms with Gasteiger partial charge in [0.15, 0.2) is 0 Å². The van der Waals surface area contributed by atoms with Crippen LogP contribution < -0.4 is 9.47 Å². The van der Waals surface area contributed by atoms with Gasteiger partial charge in [0.1, 0.15) is 18.1 Å². The summed E-state index contributed by atoms with van der Waals surface area (Å²) in [4.78, 5) is 4.93. The van der Waals surface area contributed by atoms with Crippen LogP contribution in [0.3, 0.4) is 0 Å². The van der Waals surface area contributed by atoms with Crippen LogP contribution in [0.15, 0.2) is 35.3 Å². The fourth-order valence-electron chi connectivity index (χ4n) is 3.46. The molecule has 0 aliphatic heterocycles. The van der Waals surface area contributed by atoms with E-state index in [-0.39, 0.29) is 6.61 Å². The number of aliphatic hydroxyl groups excluding tert-OH is 1. The van der Waals surface area contributed by atoms with Gasteiger partial charge in [-0.25, -0.2) is 0 Å². The first-order valence-corrected chi connectivity index (χ1v) is 8.72. The number of rotatable bonds is 5. The van der Waals surface area contributed by atoms with E-state index in [9.17, 15) is 0 Å². The van der Waals surface area contributed by atoms with Crippen molar-refractivity contribution in [2.45, 2.75) is 33.1 Å². The molecule has 0 heterocycles. The van der Waals surface area contributed by atoms with Gasteiger partial charge >= 0.3 is 0 Å². The van der Waals surface area contributed by atoms with Crippen molar-refractivity contribution >= 4 is 11.4 Å². The van der Waals surface area contributed by atoms with Crippen LogP contribution in [0.4, 0.5) is 5.69 Å². The van der Waals surface area contributed by atoms with E-state index in [1.807, 2.05) is 26.0 Å². The minimum absolute atomic E-state index is 0.0163. The lowest BCUT2D eigenvalue weighted by Crippen LogP contribution is -2.12. The highest BCUT2D eigenvalue weighted by Crippen LogP contribution is 2.31. The summed E-state index contributed by atoms with van der Waals surface area (Å²) in [5.74, 6) is 1.71. The van der Waals surface area contributed by atoms with E-state index in [0.29, 0.717) is 6.61 Å². The molecule has 25 heavy (non-hydrogen) atoms. The van der Waals surface area contributed by atoms with Gasteiger partial charge in [-0.1, -0.05) is 6.07 Å². The van der Waals surface area contributed by atoms with Crippen LogP contribution in [0.2, 0.25) is 0 Å². The largest absolute Gasteiger partial charge is 0.496 e. The van der Waals surface area contributed by atoms with Crippen LogP contribution in [-0.4, -0.2) is 31.1 Å². The van der Waals surface area contributed by atoms with Gasteiger partial charge in [-0.15, -0.1) is 0 Å². The first-order chi connectivity index (χ1) is 12.1. The van der Waals surface area contributed by atoms with Crippen molar-refractivity contribution in [1.29, 1.82) is 0 Å². The minimum Gasteiger partial charge on any atom is -0.496 e. The molecular weight excluding hydrogens is 314 g/mol. The van der Waals surface area contributed by atoms with Crippen molar-refractivity contribution in [1.82, 2.24) is 0 Å². The highest BCUT2D eigenvalue weighted by Gasteiger charge is 2.17. The van der Waals surface area contributed by atoms with E-state index >= 15 is 0 Å². The zero-order valence-electron chi connectivity index (χ0n) is 15.1. The second kappa shape index (κ2) is 7.70. The van der Waals surface area contributed by atoms with Crippen LogP contribution in [0, 0.1) is 13.8 Å². The Kier molecular flexibility index (Phi) is 5.39. The molecule has 3 rings (SSSR count). The van der Waals surface area contributed by atoms with Crippen molar-refractivity contribution in [2.75, 3.05) is 20.3 Å². The van der Waals surface area contributed by atoms with Crippen molar-refractivity contribution < 1.29 is 14.6 Å². The maximum absolute atomic E-state index is 8.95. The summed E-state index contributed by atoms with van der Waals surface area (Å²) in [6, 6.07) is 10.3. The van der Waals surface area contributed by atoms with Crippen molar-refractivity contribution in [3.63, 3.8) is 0 Å². The first-order valence-electron chi connectivity index (χ1n) is 8.72. The summed E-state index contributed by atoms with van der Waals surface area (Å²) in [5, 5.41) is 8.95. The van der Waals surface area contributed by atoms with Gasteiger partial charge in [-0.2, -0.15) is 0 Å². The number of aliphatic hydroxyl groups is 1. The summed E-state index contributed by atoms with van der Waals surface area (Å²) in [6.07, 6.45) is 3.13. The Balaban J connectivity index is 1.98. The molecule has 0 fully saturated rings. The molecule has 0 saturated heterocycles. The van der Waals surface area contributed by atoms with Crippen molar-refractivity contribution in [3.05, 3.63) is 52.6 Å². The van der Waals surface area contributed by atoms with E-state index < -0.39 is 0 Å². The second-order valence-corrected chi connectivity index (χ2v) is 6.42. The summed E-state index contributed by atoms with van der Waals surface area (Å²) in [7, 11) is 1.70. The molecule has 1 aliphatic carbocycles. The summed E-state index contributed by atoms with van der Waals surface area (Å²) >= 11 is 0. The lowest BCUT2D eigenvalue weighted by Gasteiger charge is -2.19. The van der Waals surface area contributed by atoms with Crippen LogP contribution in [0.1, 0.15) is 35.1 Å². The van der Waals surface area contributed by atoms with Gasteiger partial charge in [0.25, 0.3) is 0 Å². The van der Waals surface area contributed by atoms with Gasteiger partial charge in [0.2, 0.25) is 0 Å². The second-order valence-electron chi connectivity index (χ2n) is 6.42. The molecule has 2 aromatic carbocycles. The number of hydrogen-bond donors (Lipinski definition) is 1. The van der Waals surface area contributed by atoms with Gasteiger partial charge in [0, 0.05) is 11.3 Å². The zero-order chi connectivity index (χ0) is 17.8. The molecule has 0 spiro atoms. The summed E-state index contributed by atoms with van der Waals surface area (Å²) in [6.45, 7) is 4.42. The van der Waals surface area contributed by atoms with E-state index in [0.717, 1.165) is 58.9 Å². The predicted molar refractivity (Wildman–Crippen MR) is 101 cm³/mol. The molecule has 2 aromatic rings. The quantitative estimate of drug-likeness (QED) is 0.891. The molecule has 0 amide bonds. The Morgan fingerprint density at radius 1 is 1.08 bits per heavy atom. The van der Waals surface area contributed by atoms with Crippen LogP contribution in [0.25, 0.3) is 0 Å². The molecule has 0 atom stereocenters.